The minimum absolute atomic E-state index is 0.0242. The third kappa shape index (κ3) is 20.9. The van der Waals surface area contributed by atoms with Gasteiger partial charge in [0, 0.05) is 26.6 Å². The monoisotopic (exact) mass is 394 g/mol. The third-order valence-electron chi connectivity index (χ3n) is 3.26. The molecule has 2 atom stereocenters. The molecule has 1 aliphatic rings. The van der Waals surface area contributed by atoms with Crippen LogP contribution in [0.2, 0.25) is 0 Å². The zero-order chi connectivity index (χ0) is 21.8. The van der Waals surface area contributed by atoms with Crippen LogP contribution in [0.25, 0.3) is 0 Å². The maximum Gasteiger partial charge on any atom is 0.323 e. The van der Waals surface area contributed by atoms with E-state index in [1.54, 1.807) is 19.1 Å². The Kier molecular flexibility index (Phi) is 23.8. The molecule has 0 aliphatic carbocycles. The highest BCUT2D eigenvalue weighted by molar-refractivity contribution is 5.73. The molecular weight excluding hydrogens is 352 g/mol. The molecule has 1 saturated heterocycles. The second-order valence-electron chi connectivity index (χ2n) is 6.17. The number of methoxy groups -OCH3 is 1. The van der Waals surface area contributed by atoms with Crippen molar-refractivity contribution >= 4 is 11.9 Å². The molecule has 1 aliphatic heterocycles. The summed E-state index contributed by atoms with van der Waals surface area (Å²) < 4.78 is 10.1. The van der Waals surface area contributed by atoms with Crippen LogP contribution in [0.3, 0.4) is 0 Å². The van der Waals surface area contributed by atoms with Crippen molar-refractivity contribution < 1.29 is 29.3 Å². The Morgan fingerprint density at radius 2 is 1.78 bits per heavy atom. The van der Waals surface area contributed by atoms with Crippen molar-refractivity contribution in [2.75, 3.05) is 54.6 Å². The second-order valence-corrected chi connectivity index (χ2v) is 6.17. The van der Waals surface area contributed by atoms with Gasteiger partial charge in [0.2, 0.25) is 0 Å². The van der Waals surface area contributed by atoms with Crippen LogP contribution in [0.5, 0.6) is 0 Å². The van der Waals surface area contributed by atoms with E-state index in [2.05, 4.69) is 13.8 Å². The maximum absolute atomic E-state index is 10.4. The summed E-state index contributed by atoms with van der Waals surface area (Å²) in [5.41, 5.74) is 0. The van der Waals surface area contributed by atoms with Crippen molar-refractivity contribution in [3.8, 4) is 0 Å². The van der Waals surface area contributed by atoms with Gasteiger partial charge in [-0.3, -0.25) is 14.5 Å². The summed E-state index contributed by atoms with van der Waals surface area (Å²) in [6, 6.07) is -0.450. The first-order valence-electron chi connectivity index (χ1n) is 9.59. The summed E-state index contributed by atoms with van der Waals surface area (Å²) in [5.74, 6) is -1.57. The first kappa shape index (κ1) is 30.5. The molecule has 1 fully saturated rings. The number of nitrogens with zero attached hydrogens (tertiary/aromatic N) is 2. The number of ether oxygens (including phenoxy) is 2. The van der Waals surface area contributed by atoms with Crippen molar-refractivity contribution in [2.24, 2.45) is 0 Å². The summed E-state index contributed by atoms with van der Waals surface area (Å²) in [4.78, 5) is 24.4. The third-order valence-corrected chi connectivity index (χ3v) is 3.26. The highest BCUT2D eigenvalue weighted by Crippen LogP contribution is 2.03. The lowest BCUT2D eigenvalue weighted by atomic mass is 10.2. The van der Waals surface area contributed by atoms with Crippen molar-refractivity contribution in [3.63, 3.8) is 0 Å². The Bertz CT molecular complexity index is 353. The zero-order valence-electron chi connectivity index (χ0n) is 18.5. The first-order valence-corrected chi connectivity index (χ1v) is 9.59. The molecule has 2 N–H and O–H groups in total. The fourth-order valence-electron chi connectivity index (χ4n) is 1.92. The smallest absolute Gasteiger partial charge is 0.323 e. The fraction of sp³-hybridized carbons (Fsp3) is 0.895. The van der Waals surface area contributed by atoms with Crippen LogP contribution in [0.1, 0.15) is 47.0 Å². The molecular formula is C19H42N2O6. The van der Waals surface area contributed by atoms with Gasteiger partial charge in [-0.2, -0.15) is 0 Å². The number of carboxylic acid groups (broad SMARTS) is 2. The van der Waals surface area contributed by atoms with Crippen molar-refractivity contribution in [3.05, 3.63) is 0 Å². The molecule has 0 aromatic heterocycles. The molecule has 8 heteroatoms. The number of hydrogen-bond acceptors (Lipinski definition) is 6. The lowest BCUT2D eigenvalue weighted by Gasteiger charge is -2.28. The Balaban J connectivity index is -0.000000347. The van der Waals surface area contributed by atoms with E-state index >= 15 is 0 Å². The predicted octanol–water partition coefficient (Wildman–Crippen LogP) is 2.27. The highest BCUT2D eigenvalue weighted by Gasteiger charge is 2.25. The van der Waals surface area contributed by atoms with E-state index in [0.717, 1.165) is 6.54 Å². The van der Waals surface area contributed by atoms with Crippen molar-refractivity contribution in [1.29, 1.82) is 0 Å². The average molecular weight is 395 g/mol. The second kappa shape index (κ2) is 21.1. The van der Waals surface area contributed by atoms with Gasteiger partial charge in [0.05, 0.1) is 19.3 Å². The maximum atomic E-state index is 10.4. The summed E-state index contributed by atoms with van der Waals surface area (Å²) in [5, 5.41) is 17.0. The number of carbonyl (C=O) groups is 2. The molecule has 0 unspecified atom stereocenters. The van der Waals surface area contributed by atoms with E-state index in [1.165, 1.54) is 6.42 Å². The van der Waals surface area contributed by atoms with Gasteiger partial charge in [-0.15, -0.1) is 0 Å². The predicted molar refractivity (Wildman–Crippen MR) is 108 cm³/mol. The van der Waals surface area contributed by atoms with Gasteiger partial charge < -0.3 is 24.6 Å². The number of hydrogen-bond donors (Lipinski definition) is 2. The van der Waals surface area contributed by atoms with Gasteiger partial charge in [-0.05, 0) is 27.6 Å². The molecule has 8 nitrogen and oxygen atoms in total. The number of morpholine rings is 1. The number of rotatable bonds is 7. The molecule has 0 aromatic rings. The average Bonchev–Trinajstić information content (AvgIpc) is 2.61. The molecule has 1 rings (SSSR count). The van der Waals surface area contributed by atoms with E-state index in [4.69, 9.17) is 19.7 Å². The first-order chi connectivity index (χ1) is 12.7. The van der Waals surface area contributed by atoms with Crippen molar-refractivity contribution in [1.82, 2.24) is 9.80 Å². The van der Waals surface area contributed by atoms with Crippen LogP contribution in [0.15, 0.2) is 0 Å². The highest BCUT2D eigenvalue weighted by atomic mass is 16.5. The summed E-state index contributed by atoms with van der Waals surface area (Å²) in [6.07, 6.45) is 2.02. The van der Waals surface area contributed by atoms with Crippen LogP contribution in [0.4, 0.5) is 0 Å². The molecule has 0 radical (unpaired) electrons. The SMILES string of the molecule is CC.CCC.CN1CCOC[C@H]1C(=O)O.CO[C@H](CCC(=O)O)CN(C)C. The largest absolute Gasteiger partial charge is 0.481 e. The van der Waals surface area contributed by atoms with Gasteiger partial charge in [0.15, 0.2) is 0 Å². The number of carboxylic acids is 2. The number of likely N-dealkylation sites (N-methyl/N-ethyl adjacent to an activating group) is 2. The van der Waals surface area contributed by atoms with Crippen LogP contribution >= 0.6 is 0 Å². The quantitative estimate of drug-likeness (QED) is 0.678. The van der Waals surface area contributed by atoms with Crippen LogP contribution < -0.4 is 0 Å². The molecule has 0 spiro atoms. The molecule has 27 heavy (non-hydrogen) atoms. The van der Waals surface area contributed by atoms with Crippen LogP contribution in [-0.2, 0) is 19.1 Å². The van der Waals surface area contributed by atoms with Gasteiger partial charge in [0.25, 0.3) is 0 Å². The van der Waals surface area contributed by atoms with E-state index in [1.807, 2.05) is 32.8 Å². The van der Waals surface area contributed by atoms with Gasteiger partial charge >= 0.3 is 11.9 Å². The molecule has 1 heterocycles. The lowest BCUT2D eigenvalue weighted by molar-refractivity contribution is -0.148. The van der Waals surface area contributed by atoms with Gasteiger partial charge in [-0.1, -0.05) is 34.1 Å². The van der Waals surface area contributed by atoms with E-state index in [-0.39, 0.29) is 12.5 Å². The van der Waals surface area contributed by atoms with Crippen LogP contribution in [-0.4, -0.2) is 98.7 Å². The molecule has 164 valence electrons. The van der Waals surface area contributed by atoms with E-state index in [0.29, 0.717) is 26.2 Å². The fourth-order valence-corrected chi connectivity index (χ4v) is 1.92. The van der Waals surface area contributed by atoms with E-state index < -0.39 is 18.0 Å². The molecule has 0 amide bonds. The minimum Gasteiger partial charge on any atom is -0.481 e. The summed E-state index contributed by atoms with van der Waals surface area (Å²) in [6.45, 7) is 10.7. The Hall–Kier alpha value is -1.22. The lowest BCUT2D eigenvalue weighted by Crippen LogP contribution is -2.47. The Labute approximate surface area is 165 Å². The summed E-state index contributed by atoms with van der Waals surface area (Å²) >= 11 is 0. The topological polar surface area (TPSA) is 99.5 Å². The molecule has 0 bridgehead atoms. The minimum atomic E-state index is -0.804. The number of aliphatic carboxylic acids is 2. The van der Waals surface area contributed by atoms with Crippen LogP contribution in [0, 0.1) is 0 Å². The van der Waals surface area contributed by atoms with E-state index in [9.17, 15) is 9.59 Å². The Morgan fingerprint density at radius 1 is 1.26 bits per heavy atom. The normalized spacial score (nSPS) is 17.3. The molecule has 0 aromatic carbocycles. The summed E-state index contributed by atoms with van der Waals surface area (Å²) in [7, 11) is 7.27. The Morgan fingerprint density at radius 3 is 2.07 bits per heavy atom. The zero-order valence-corrected chi connectivity index (χ0v) is 18.5. The van der Waals surface area contributed by atoms with Crippen molar-refractivity contribution in [2.45, 2.75) is 59.1 Å². The molecule has 0 saturated carbocycles. The standard InChI is InChI=1S/C8H17NO3.C6H11NO3.C3H8.C2H6/c1-9(2)6-7(12-3)4-5-8(10)11;1-7-2-3-10-4-5(7)6(8)9;1-3-2;1-2/h7H,4-6H2,1-3H3,(H,10,11);5H,2-4H2,1H3,(H,8,9);3H2,1-2H3;1-2H3/t7-;5-;;/m10../s1. The van der Waals surface area contributed by atoms with Gasteiger partial charge in [0.1, 0.15) is 6.04 Å². The van der Waals surface area contributed by atoms with Gasteiger partial charge in [-0.25, -0.2) is 0 Å².